The Hall–Kier alpha value is -0.870. The topological polar surface area (TPSA) is 61.3 Å². The van der Waals surface area contributed by atoms with Gasteiger partial charge in [0.25, 0.3) is 0 Å². The molecule has 1 aliphatic heterocycles. The van der Waals surface area contributed by atoms with E-state index in [9.17, 15) is 0 Å². The molecule has 0 bridgehead atoms. The van der Waals surface area contributed by atoms with E-state index in [2.05, 4.69) is 11.9 Å². The average Bonchev–Trinajstić information content (AvgIpc) is 2.85. The Bertz CT molecular complexity index is 282. The van der Waals surface area contributed by atoms with E-state index < -0.39 is 0 Å². The van der Waals surface area contributed by atoms with Crippen molar-refractivity contribution in [3.8, 4) is 0 Å². The molecule has 0 saturated carbocycles. The molecule has 1 aromatic rings. The van der Waals surface area contributed by atoms with Gasteiger partial charge in [-0.25, -0.2) is 4.98 Å². The van der Waals surface area contributed by atoms with Crippen LogP contribution in [0.2, 0.25) is 0 Å². The number of hydrogen-bond donors (Lipinski definition) is 1. The molecule has 78 valence electrons. The van der Waals surface area contributed by atoms with Crippen LogP contribution in [-0.2, 0) is 17.7 Å². The lowest BCUT2D eigenvalue weighted by molar-refractivity contribution is 0.0881. The highest BCUT2D eigenvalue weighted by Crippen LogP contribution is 2.29. The highest BCUT2D eigenvalue weighted by Gasteiger charge is 2.24. The van der Waals surface area contributed by atoms with Crippen LogP contribution in [0.1, 0.15) is 43.2 Å². The van der Waals surface area contributed by atoms with Crippen molar-refractivity contribution in [3.63, 3.8) is 0 Å². The lowest BCUT2D eigenvalue weighted by Crippen LogP contribution is -1.97. The summed E-state index contributed by atoms with van der Waals surface area (Å²) in [7, 11) is 0. The molecular formula is C10H16N2O2. The maximum absolute atomic E-state index is 5.58. The van der Waals surface area contributed by atoms with Crippen LogP contribution in [-0.4, -0.2) is 11.6 Å². The van der Waals surface area contributed by atoms with Gasteiger partial charge in [-0.2, -0.15) is 0 Å². The SMILES string of the molecule is CCc1nc(C2CCCO2)oc1CN. The molecule has 0 aromatic carbocycles. The number of ether oxygens (including phenoxy) is 1. The first-order valence-electron chi connectivity index (χ1n) is 5.15. The Morgan fingerprint density at radius 1 is 1.57 bits per heavy atom. The lowest BCUT2D eigenvalue weighted by atomic mass is 10.2. The maximum Gasteiger partial charge on any atom is 0.223 e. The van der Waals surface area contributed by atoms with Gasteiger partial charge in [-0.05, 0) is 19.3 Å². The molecule has 2 rings (SSSR count). The van der Waals surface area contributed by atoms with Crippen LogP contribution in [0.3, 0.4) is 0 Å². The molecule has 1 unspecified atom stereocenters. The summed E-state index contributed by atoms with van der Waals surface area (Å²) in [6, 6.07) is 0. The van der Waals surface area contributed by atoms with Gasteiger partial charge < -0.3 is 14.9 Å². The van der Waals surface area contributed by atoms with Crippen molar-refractivity contribution in [2.24, 2.45) is 5.73 Å². The van der Waals surface area contributed by atoms with Crippen LogP contribution in [0, 0.1) is 0 Å². The number of aromatic nitrogens is 1. The molecule has 1 aliphatic rings. The third-order valence-electron chi connectivity index (χ3n) is 2.52. The molecule has 2 N–H and O–H groups in total. The second-order valence-electron chi connectivity index (χ2n) is 3.48. The third-order valence-corrected chi connectivity index (χ3v) is 2.52. The minimum atomic E-state index is 0.0561. The predicted octanol–water partition coefficient (Wildman–Crippen LogP) is 1.55. The Kier molecular flexibility index (Phi) is 2.84. The summed E-state index contributed by atoms with van der Waals surface area (Å²) >= 11 is 0. The number of hydrogen-bond acceptors (Lipinski definition) is 4. The number of nitrogens with two attached hydrogens (primary N) is 1. The zero-order valence-corrected chi connectivity index (χ0v) is 8.45. The van der Waals surface area contributed by atoms with E-state index >= 15 is 0 Å². The van der Waals surface area contributed by atoms with E-state index in [1.807, 2.05) is 0 Å². The van der Waals surface area contributed by atoms with Crippen LogP contribution in [0.25, 0.3) is 0 Å². The Balaban J connectivity index is 2.21. The van der Waals surface area contributed by atoms with Crippen molar-refractivity contribution in [2.45, 2.75) is 38.8 Å². The van der Waals surface area contributed by atoms with Crippen LogP contribution < -0.4 is 5.73 Å². The van der Waals surface area contributed by atoms with E-state index in [4.69, 9.17) is 14.9 Å². The molecule has 2 heterocycles. The van der Waals surface area contributed by atoms with Crippen molar-refractivity contribution in [1.82, 2.24) is 4.98 Å². The summed E-state index contributed by atoms with van der Waals surface area (Å²) in [5.74, 6) is 1.51. The first-order chi connectivity index (χ1) is 6.85. The molecule has 14 heavy (non-hydrogen) atoms. The minimum Gasteiger partial charge on any atom is -0.441 e. The summed E-state index contributed by atoms with van der Waals surface area (Å²) in [6.07, 6.45) is 3.02. The standard InChI is InChI=1S/C10H16N2O2/c1-2-7-9(6-11)14-10(12-7)8-4-3-5-13-8/h8H,2-6,11H2,1H3. The second-order valence-corrected chi connectivity index (χ2v) is 3.48. The quantitative estimate of drug-likeness (QED) is 0.796. The first-order valence-corrected chi connectivity index (χ1v) is 5.15. The number of oxazole rings is 1. The molecular weight excluding hydrogens is 180 g/mol. The van der Waals surface area contributed by atoms with Crippen molar-refractivity contribution in [1.29, 1.82) is 0 Å². The van der Waals surface area contributed by atoms with Crippen molar-refractivity contribution < 1.29 is 9.15 Å². The largest absolute Gasteiger partial charge is 0.441 e. The fourth-order valence-electron chi connectivity index (χ4n) is 1.75. The summed E-state index contributed by atoms with van der Waals surface area (Å²) in [5.41, 5.74) is 6.53. The predicted molar refractivity (Wildman–Crippen MR) is 51.7 cm³/mol. The molecule has 0 radical (unpaired) electrons. The Labute approximate surface area is 83.4 Å². The molecule has 1 fully saturated rings. The molecule has 1 atom stereocenters. The fraction of sp³-hybridized carbons (Fsp3) is 0.700. The summed E-state index contributed by atoms with van der Waals surface area (Å²) in [6.45, 7) is 3.28. The van der Waals surface area contributed by atoms with Gasteiger partial charge in [0, 0.05) is 6.61 Å². The molecule has 1 saturated heterocycles. The van der Waals surface area contributed by atoms with Crippen LogP contribution in [0.5, 0.6) is 0 Å². The summed E-state index contributed by atoms with van der Waals surface area (Å²) < 4.78 is 11.1. The van der Waals surface area contributed by atoms with E-state index in [1.165, 1.54) is 0 Å². The zero-order valence-electron chi connectivity index (χ0n) is 8.45. The smallest absolute Gasteiger partial charge is 0.223 e. The highest BCUT2D eigenvalue weighted by atomic mass is 16.5. The maximum atomic E-state index is 5.58. The second kappa shape index (κ2) is 4.11. The van der Waals surface area contributed by atoms with Crippen molar-refractivity contribution in [3.05, 3.63) is 17.3 Å². The van der Waals surface area contributed by atoms with Crippen molar-refractivity contribution >= 4 is 0 Å². The van der Waals surface area contributed by atoms with E-state index in [1.54, 1.807) is 0 Å². The van der Waals surface area contributed by atoms with Crippen LogP contribution in [0.4, 0.5) is 0 Å². The van der Waals surface area contributed by atoms with Crippen molar-refractivity contribution in [2.75, 3.05) is 6.61 Å². The molecule has 4 nitrogen and oxygen atoms in total. The average molecular weight is 196 g/mol. The monoisotopic (exact) mass is 196 g/mol. The molecule has 0 amide bonds. The number of rotatable bonds is 3. The number of nitrogens with zero attached hydrogens (tertiary/aromatic N) is 1. The van der Waals surface area contributed by atoms with Gasteiger partial charge in [0.05, 0.1) is 12.2 Å². The summed E-state index contributed by atoms with van der Waals surface area (Å²) in [5, 5.41) is 0. The van der Waals surface area contributed by atoms with E-state index in [0.29, 0.717) is 12.4 Å². The molecule has 0 spiro atoms. The highest BCUT2D eigenvalue weighted by molar-refractivity contribution is 5.11. The van der Waals surface area contributed by atoms with Gasteiger partial charge in [0.15, 0.2) is 0 Å². The lowest BCUT2D eigenvalue weighted by Gasteiger charge is -2.02. The zero-order chi connectivity index (χ0) is 9.97. The number of aryl methyl sites for hydroxylation is 1. The van der Waals surface area contributed by atoms with Gasteiger partial charge in [-0.1, -0.05) is 6.92 Å². The minimum absolute atomic E-state index is 0.0561. The third kappa shape index (κ3) is 1.67. The van der Waals surface area contributed by atoms with Crippen LogP contribution >= 0.6 is 0 Å². The molecule has 1 aromatic heterocycles. The first kappa shape index (κ1) is 9.68. The van der Waals surface area contributed by atoms with Gasteiger partial charge in [0.1, 0.15) is 11.9 Å². The summed E-state index contributed by atoms with van der Waals surface area (Å²) in [4.78, 5) is 4.41. The van der Waals surface area contributed by atoms with Gasteiger partial charge in [-0.15, -0.1) is 0 Å². The van der Waals surface area contributed by atoms with E-state index in [0.717, 1.165) is 37.3 Å². The van der Waals surface area contributed by atoms with E-state index in [-0.39, 0.29) is 6.10 Å². The molecule has 0 aliphatic carbocycles. The molecule has 4 heteroatoms. The van der Waals surface area contributed by atoms with Gasteiger partial charge >= 0.3 is 0 Å². The van der Waals surface area contributed by atoms with Gasteiger partial charge in [0.2, 0.25) is 5.89 Å². The Morgan fingerprint density at radius 2 is 2.43 bits per heavy atom. The fourth-order valence-corrected chi connectivity index (χ4v) is 1.75. The van der Waals surface area contributed by atoms with Gasteiger partial charge in [-0.3, -0.25) is 0 Å². The van der Waals surface area contributed by atoms with Crippen LogP contribution in [0.15, 0.2) is 4.42 Å². The Morgan fingerprint density at radius 3 is 2.93 bits per heavy atom. The normalized spacial score (nSPS) is 21.7.